The summed E-state index contributed by atoms with van der Waals surface area (Å²) < 4.78 is 5.12. The normalized spacial score (nSPS) is 28.8. The maximum Gasteiger partial charge on any atom is 0.254 e. The summed E-state index contributed by atoms with van der Waals surface area (Å²) in [4.78, 5) is 31.9. The van der Waals surface area contributed by atoms with Gasteiger partial charge in [0.25, 0.3) is 5.91 Å². The Morgan fingerprint density at radius 3 is 2.44 bits per heavy atom. The number of hydrogen-bond donors (Lipinski definition) is 4. The van der Waals surface area contributed by atoms with Gasteiger partial charge in [0.15, 0.2) is 5.17 Å². The van der Waals surface area contributed by atoms with Crippen LogP contribution in [0.25, 0.3) is 0 Å². The highest BCUT2D eigenvalue weighted by Gasteiger charge is 2.55. The molecule has 2 aliphatic heterocycles. The van der Waals surface area contributed by atoms with Gasteiger partial charge in [-0.3, -0.25) is 9.59 Å². The first-order valence-corrected chi connectivity index (χ1v) is 10.9. The molecule has 32 heavy (non-hydrogen) atoms. The number of ether oxygens (including phenoxy) is 1. The van der Waals surface area contributed by atoms with Crippen LogP contribution in [0.2, 0.25) is 0 Å². The van der Waals surface area contributed by atoms with Crippen LogP contribution in [0.4, 0.5) is 5.69 Å². The van der Waals surface area contributed by atoms with E-state index < -0.39 is 48.0 Å². The average Bonchev–Trinajstić information content (AvgIpc) is 2.82. The van der Waals surface area contributed by atoms with Gasteiger partial charge in [-0.05, 0) is 36.4 Å². The van der Waals surface area contributed by atoms with Crippen LogP contribution >= 0.6 is 11.8 Å². The first-order valence-electron chi connectivity index (χ1n) is 9.99. The number of amidine groups is 1. The lowest BCUT2D eigenvalue weighted by atomic mass is 9.88. The molecule has 9 nitrogen and oxygen atoms in total. The monoisotopic (exact) mass is 457 g/mol. The van der Waals surface area contributed by atoms with Gasteiger partial charge in [0, 0.05) is 5.56 Å². The Balaban J connectivity index is 1.66. The third-order valence-corrected chi connectivity index (χ3v) is 6.77. The highest BCUT2D eigenvalue weighted by molar-refractivity contribution is 8.14. The summed E-state index contributed by atoms with van der Waals surface area (Å²) in [6.07, 6.45) is -2.79. The van der Waals surface area contributed by atoms with Crippen molar-refractivity contribution in [2.24, 2.45) is 4.99 Å². The Hall–Kier alpha value is -2.92. The van der Waals surface area contributed by atoms with E-state index in [1.54, 1.807) is 61.7 Å². The minimum atomic E-state index is -1.44. The van der Waals surface area contributed by atoms with Crippen molar-refractivity contribution in [2.75, 3.05) is 13.7 Å². The number of carbonyl (C=O) groups excluding carboxylic acids is 2. The molecule has 2 aromatic rings. The van der Waals surface area contributed by atoms with E-state index in [-0.39, 0.29) is 5.17 Å². The molecule has 0 aromatic heterocycles. The van der Waals surface area contributed by atoms with Crippen LogP contribution in [-0.2, 0) is 4.79 Å². The standard InChI is InChI=1S/C22H23N3O6S/c1-31-14-9-7-13(8-10-14)23-22-24-20(29)16-19(32-22)18(28)17(27)15(11-26)25(16)21(30)12-5-3-2-4-6-12/h2-10,15-19,26-28H,11H2,1H3,(H,23,24,29)/t15-,16-,17-,18+,19-/m1/s1. The minimum absolute atomic E-state index is 0.238. The van der Waals surface area contributed by atoms with Crippen molar-refractivity contribution in [3.63, 3.8) is 0 Å². The number of nitrogens with one attached hydrogen (secondary N) is 1. The summed E-state index contributed by atoms with van der Waals surface area (Å²) in [6, 6.07) is 12.9. The highest BCUT2D eigenvalue weighted by Crippen LogP contribution is 2.37. The zero-order chi connectivity index (χ0) is 22.8. The predicted octanol–water partition coefficient (Wildman–Crippen LogP) is 0.522. The van der Waals surface area contributed by atoms with Gasteiger partial charge < -0.3 is 30.3 Å². The number of thioether (sulfide) groups is 1. The van der Waals surface area contributed by atoms with Gasteiger partial charge in [-0.15, -0.1) is 0 Å². The van der Waals surface area contributed by atoms with Crippen molar-refractivity contribution in [3.8, 4) is 5.75 Å². The molecular weight excluding hydrogens is 434 g/mol. The number of carbonyl (C=O) groups is 2. The number of fused-ring (bicyclic) bond motifs is 1. The van der Waals surface area contributed by atoms with Crippen molar-refractivity contribution < 1.29 is 29.6 Å². The lowest BCUT2D eigenvalue weighted by molar-refractivity contribution is -0.137. The number of aliphatic hydroxyl groups is 3. The Bertz CT molecular complexity index is 1020. The van der Waals surface area contributed by atoms with Gasteiger partial charge in [-0.2, -0.15) is 0 Å². The van der Waals surface area contributed by atoms with E-state index in [0.29, 0.717) is 17.0 Å². The molecule has 0 aliphatic carbocycles. The van der Waals surface area contributed by atoms with Crippen LogP contribution in [0, 0.1) is 0 Å². The van der Waals surface area contributed by atoms with Crippen LogP contribution in [0.3, 0.4) is 0 Å². The molecule has 168 valence electrons. The molecule has 2 heterocycles. The lowest BCUT2D eigenvalue weighted by Crippen LogP contribution is -2.73. The first-order chi connectivity index (χ1) is 15.4. The third-order valence-electron chi connectivity index (χ3n) is 5.54. The summed E-state index contributed by atoms with van der Waals surface area (Å²) in [6.45, 7) is -0.606. The second-order valence-corrected chi connectivity index (χ2v) is 8.61. The van der Waals surface area contributed by atoms with Crippen LogP contribution in [0.5, 0.6) is 5.75 Å². The van der Waals surface area contributed by atoms with E-state index in [4.69, 9.17) is 4.74 Å². The number of hydrogen-bond acceptors (Lipinski definition) is 8. The van der Waals surface area contributed by atoms with Crippen molar-refractivity contribution in [3.05, 3.63) is 60.2 Å². The summed E-state index contributed by atoms with van der Waals surface area (Å²) in [7, 11) is 1.55. The molecule has 0 spiro atoms. The smallest absolute Gasteiger partial charge is 0.254 e. The van der Waals surface area contributed by atoms with E-state index in [0.717, 1.165) is 11.8 Å². The lowest BCUT2D eigenvalue weighted by Gasteiger charge is -2.50. The second kappa shape index (κ2) is 9.29. The van der Waals surface area contributed by atoms with E-state index in [2.05, 4.69) is 10.3 Å². The summed E-state index contributed by atoms with van der Waals surface area (Å²) in [5, 5.41) is 33.3. The van der Waals surface area contributed by atoms with E-state index in [1.807, 2.05) is 0 Å². The number of piperidine rings is 1. The average molecular weight is 458 g/mol. The molecule has 0 saturated carbocycles. The van der Waals surface area contributed by atoms with Gasteiger partial charge in [0.2, 0.25) is 5.91 Å². The molecule has 0 unspecified atom stereocenters. The molecule has 0 bridgehead atoms. The maximum absolute atomic E-state index is 13.2. The van der Waals surface area contributed by atoms with Crippen LogP contribution in [0.15, 0.2) is 59.6 Å². The first kappa shape index (κ1) is 22.3. The molecule has 4 rings (SSSR count). The summed E-state index contributed by atoms with van der Waals surface area (Å²) in [5.74, 6) is -0.406. The van der Waals surface area contributed by atoms with Crippen LogP contribution < -0.4 is 10.1 Å². The minimum Gasteiger partial charge on any atom is -0.497 e. The second-order valence-electron chi connectivity index (χ2n) is 7.44. The number of amides is 2. The number of benzene rings is 2. The zero-order valence-corrected chi connectivity index (χ0v) is 18.0. The fourth-order valence-corrected chi connectivity index (χ4v) is 5.18. The molecule has 2 fully saturated rings. The number of methoxy groups -OCH3 is 1. The topological polar surface area (TPSA) is 132 Å². The molecule has 2 amide bonds. The van der Waals surface area contributed by atoms with E-state index in [1.165, 1.54) is 4.90 Å². The Morgan fingerprint density at radius 2 is 1.81 bits per heavy atom. The fourth-order valence-electron chi connectivity index (χ4n) is 3.92. The molecule has 5 atom stereocenters. The van der Waals surface area contributed by atoms with Crippen molar-refractivity contribution in [1.82, 2.24) is 10.2 Å². The van der Waals surface area contributed by atoms with Crippen LogP contribution in [-0.4, -0.2) is 80.5 Å². The van der Waals surface area contributed by atoms with Crippen molar-refractivity contribution in [2.45, 2.75) is 29.5 Å². The Kier molecular flexibility index (Phi) is 6.47. The van der Waals surface area contributed by atoms with Gasteiger partial charge in [-0.25, -0.2) is 4.99 Å². The number of likely N-dealkylation sites (tertiary alicyclic amines) is 1. The maximum atomic E-state index is 13.2. The quantitative estimate of drug-likeness (QED) is 0.526. The number of aliphatic imine (C=N–C) groups is 1. The SMILES string of the molecule is COc1ccc(N=C2NC(=O)[C@H]3[C@@H](S2)[C@@H](O)[C@H](O)[C@@H](CO)N3C(=O)c2ccccc2)cc1. The molecule has 2 aliphatic rings. The summed E-state index contributed by atoms with van der Waals surface area (Å²) in [5.41, 5.74) is 0.868. The Labute approximate surface area is 188 Å². The third kappa shape index (κ3) is 4.09. The molecule has 10 heteroatoms. The molecule has 2 aromatic carbocycles. The Morgan fingerprint density at radius 1 is 1.12 bits per heavy atom. The molecule has 2 saturated heterocycles. The van der Waals surface area contributed by atoms with Gasteiger partial charge in [-0.1, -0.05) is 30.0 Å². The zero-order valence-electron chi connectivity index (χ0n) is 17.2. The highest BCUT2D eigenvalue weighted by atomic mass is 32.2. The van der Waals surface area contributed by atoms with Crippen molar-refractivity contribution >= 4 is 34.4 Å². The van der Waals surface area contributed by atoms with E-state index in [9.17, 15) is 24.9 Å². The number of aliphatic hydroxyl groups excluding tert-OH is 3. The number of nitrogens with zero attached hydrogens (tertiary/aromatic N) is 2. The van der Waals surface area contributed by atoms with Crippen LogP contribution in [0.1, 0.15) is 10.4 Å². The van der Waals surface area contributed by atoms with Gasteiger partial charge in [0.1, 0.15) is 17.9 Å². The van der Waals surface area contributed by atoms with Crippen molar-refractivity contribution in [1.29, 1.82) is 0 Å². The molecule has 0 radical (unpaired) electrons. The largest absolute Gasteiger partial charge is 0.497 e. The molecular formula is C22H23N3O6S. The summed E-state index contributed by atoms with van der Waals surface area (Å²) >= 11 is 1.07. The van der Waals surface area contributed by atoms with E-state index >= 15 is 0 Å². The van der Waals surface area contributed by atoms with Gasteiger partial charge >= 0.3 is 0 Å². The molecule has 4 N–H and O–H groups in total. The van der Waals surface area contributed by atoms with Gasteiger partial charge in [0.05, 0.1) is 36.8 Å². The number of rotatable bonds is 4. The fraction of sp³-hybridized carbons (Fsp3) is 0.318. The predicted molar refractivity (Wildman–Crippen MR) is 119 cm³/mol.